The zero-order valence-corrected chi connectivity index (χ0v) is 19.6. The maximum absolute atomic E-state index is 12.1. The van der Waals surface area contributed by atoms with Crippen LogP contribution in [0.5, 0.6) is 0 Å². The number of nitrogens with zero attached hydrogens (tertiary/aromatic N) is 3. The number of aromatic nitrogens is 3. The average Bonchev–Trinajstić information content (AvgIpc) is 3.07. The van der Waals surface area contributed by atoms with Crippen molar-refractivity contribution in [1.29, 1.82) is 0 Å². The molecule has 0 unspecified atom stereocenters. The van der Waals surface area contributed by atoms with Crippen molar-refractivity contribution >= 4 is 20.7 Å². The van der Waals surface area contributed by atoms with Crippen molar-refractivity contribution in [2.24, 2.45) is 0 Å². The van der Waals surface area contributed by atoms with E-state index in [0.717, 1.165) is 17.2 Å². The van der Waals surface area contributed by atoms with Crippen LogP contribution in [0.1, 0.15) is 27.7 Å². The molecule has 158 valence electrons. The van der Waals surface area contributed by atoms with E-state index in [-0.39, 0.29) is 23.6 Å². The van der Waals surface area contributed by atoms with Crippen LogP contribution >= 0.6 is 0 Å². The smallest absolute Gasteiger partial charge is 0.399 e. The number of ether oxygens (including phenoxy) is 1. The highest BCUT2D eigenvalue weighted by Gasteiger charge is 2.51. The highest BCUT2D eigenvalue weighted by molar-refractivity contribution is 6.76. The van der Waals surface area contributed by atoms with Crippen molar-refractivity contribution in [2.45, 2.75) is 71.3 Å². The van der Waals surface area contributed by atoms with Gasteiger partial charge >= 0.3 is 12.8 Å². The summed E-state index contributed by atoms with van der Waals surface area (Å²) in [4.78, 5) is 16.1. The van der Waals surface area contributed by atoms with Gasteiger partial charge in [0.1, 0.15) is 13.1 Å². The fraction of sp³-hybridized carbons (Fsp3) is 0.600. The van der Waals surface area contributed by atoms with Crippen molar-refractivity contribution in [3.63, 3.8) is 0 Å². The molecule has 1 aliphatic heterocycles. The summed E-state index contributed by atoms with van der Waals surface area (Å²) in [5.41, 5.74) is 0.678. The quantitative estimate of drug-likeness (QED) is 0.512. The Bertz CT molecular complexity index is 884. The van der Waals surface area contributed by atoms with Crippen LogP contribution in [0.3, 0.4) is 0 Å². The van der Waals surface area contributed by atoms with Gasteiger partial charge in [0.05, 0.1) is 16.9 Å². The maximum atomic E-state index is 12.1. The van der Waals surface area contributed by atoms with Crippen LogP contribution in [-0.2, 0) is 20.8 Å². The largest absolute Gasteiger partial charge is 0.494 e. The monoisotopic (exact) mass is 417 g/mol. The van der Waals surface area contributed by atoms with E-state index < -0.39 is 15.2 Å². The zero-order valence-electron chi connectivity index (χ0n) is 18.6. The van der Waals surface area contributed by atoms with E-state index in [4.69, 9.17) is 14.0 Å². The Kier molecular flexibility index (Phi) is 5.97. The second-order valence-electron chi connectivity index (χ2n) is 9.80. The molecule has 2 heterocycles. The first-order valence-corrected chi connectivity index (χ1v) is 13.8. The van der Waals surface area contributed by atoms with E-state index in [1.54, 1.807) is 4.68 Å². The van der Waals surface area contributed by atoms with E-state index in [9.17, 15) is 4.79 Å². The summed E-state index contributed by atoms with van der Waals surface area (Å²) in [6, 6.07) is 8.83. The van der Waals surface area contributed by atoms with Gasteiger partial charge in [-0.3, -0.25) is 0 Å². The third-order valence-corrected chi connectivity index (χ3v) is 7.36. The summed E-state index contributed by atoms with van der Waals surface area (Å²) in [6.45, 7) is 15.9. The second-order valence-corrected chi connectivity index (χ2v) is 15.4. The molecule has 0 spiro atoms. The minimum atomic E-state index is -1.17. The third-order valence-electron chi connectivity index (χ3n) is 5.65. The molecule has 1 aromatic heterocycles. The Balaban J connectivity index is 1.72. The first-order valence-electron chi connectivity index (χ1n) is 10.1. The molecular formula is C20H32BN3O4Si. The van der Waals surface area contributed by atoms with Gasteiger partial charge < -0.3 is 14.0 Å². The van der Waals surface area contributed by atoms with E-state index in [2.05, 4.69) is 24.6 Å². The topological polar surface area (TPSA) is 67.5 Å². The first-order chi connectivity index (χ1) is 13.4. The van der Waals surface area contributed by atoms with Gasteiger partial charge in [-0.05, 0) is 51.3 Å². The summed E-state index contributed by atoms with van der Waals surface area (Å²) < 4.78 is 21.2. The molecule has 1 fully saturated rings. The van der Waals surface area contributed by atoms with E-state index in [0.29, 0.717) is 6.61 Å². The van der Waals surface area contributed by atoms with Crippen LogP contribution < -0.4 is 11.2 Å². The van der Waals surface area contributed by atoms with Crippen LogP contribution in [0.25, 0.3) is 5.69 Å². The van der Waals surface area contributed by atoms with Crippen LogP contribution in [0.2, 0.25) is 25.7 Å². The minimum Gasteiger partial charge on any atom is -0.399 e. The van der Waals surface area contributed by atoms with Gasteiger partial charge in [0.25, 0.3) is 0 Å². The van der Waals surface area contributed by atoms with Crippen LogP contribution in [0.15, 0.2) is 35.4 Å². The summed E-state index contributed by atoms with van der Waals surface area (Å²) in [5.74, 6) is 0. The first kappa shape index (κ1) is 22.0. The summed E-state index contributed by atoms with van der Waals surface area (Å²) in [6.07, 6.45) is 1.52. The van der Waals surface area contributed by atoms with Gasteiger partial charge in [-0.25, -0.2) is 14.2 Å². The zero-order chi connectivity index (χ0) is 21.4. The molecule has 0 saturated carbocycles. The highest BCUT2D eigenvalue weighted by Crippen LogP contribution is 2.36. The van der Waals surface area contributed by atoms with Crippen LogP contribution in [0, 0.1) is 0 Å². The van der Waals surface area contributed by atoms with E-state index >= 15 is 0 Å². The molecule has 0 atom stereocenters. The van der Waals surface area contributed by atoms with Crippen molar-refractivity contribution in [3.8, 4) is 5.69 Å². The Morgan fingerprint density at radius 3 is 2.21 bits per heavy atom. The lowest BCUT2D eigenvalue weighted by atomic mass is 9.79. The van der Waals surface area contributed by atoms with Gasteiger partial charge in [0.2, 0.25) is 0 Å². The predicted molar refractivity (Wildman–Crippen MR) is 118 cm³/mol. The third kappa shape index (κ3) is 4.91. The summed E-state index contributed by atoms with van der Waals surface area (Å²) in [5, 5.41) is 0. The molecule has 7 nitrogen and oxygen atoms in total. The Labute approximate surface area is 174 Å². The minimum absolute atomic E-state index is 0.183. The van der Waals surface area contributed by atoms with E-state index in [1.165, 1.54) is 11.0 Å². The molecule has 0 amide bonds. The molecule has 9 heteroatoms. The van der Waals surface area contributed by atoms with Gasteiger partial charge in [-0.15, -0.1) is 0 Å². The Morgan fingerprint density at radius 2 is 1.66 bits per heavy atom. The second kappa shape index (κ2) is 7.87. The Hall–Kier alpha value is -1.68. The lowest BCUT2D eigenvalue weighted by Gasteiger charge is -2.32. The molecule has 1 aliphatic rings. The van der Waals surface area contributed by atoms with Gasteiger partial charge in [-0.2, -0.15) is 4.98 Å². The molecule has 29 heavy (non-hydrogen) atoms. The van der Waals surface area contributed by atoms with Crippen molar-refractivity contribution < 1.29 is 14.0 Å². The van der Waals surface area contributed by atoms with Gasteiger partial charge in [0, 0.05) is 14.7 Å². The fourth-order valence-electron chi connectivity index (χ4n) is 2.94. The molecule has 0 radical (unpaired) electrons. The summed E-state index contributed by atoms with van der Waals surface area (Å²) >= 11 is 0. The van der Waals surface area contributed by atoms with Crippen LogP contribution in [-0.4, -0.2) is 47.3 Å². The maximum Gasteiger partial charge on any atom is 0.494 e. The number of benzene rings is 1. The Morgan fingerprint density at radius 1 is 1.07 bits per heavy atom. The lowest BCUT2D eigenvalue weighted by Crippen LogP contribution is -2.41. The molecule has 3 rings (SSSR count). The predicted octanol–water partition coefficient (Wildman–Crippen LogP) is 2.65. The van der Waals surface area contributed by atoms with Gasteiger partial charge in [0.15, 0.2) is 0 Å². The molecule has 2 aromatic rings. The molecule has 0 aliphatic carbocycles. The SMILES string of the molecule is CC1(C)OB(c2ccc(-n3cnc(=O)n3COCC[Si](C)(C)C)cc2)OC1(C)C. The van der Waals surface area contributed by atoms with E-state index in [1.807, 2.05) is 52.0 Å². The van der Waals surface area contributed by atoms with Crippen LogP contribution in [0.4, 0.5) is 0 Å². The van der Waals surface area contributed by atoms with Crippen molar-refractivity contribution in [1.82, 2.24) is 14.3 Å². The van der Waals surface area contributed by atoms with Crippen molar-refractivity contribution in [2.75, 3.05) is 6.61 Å². The van der Waals surface area contributed by atoms with Crippen molar-refractivity contribution in [3.05, 3.63) is 41.1 Å². The molecule has 1 aromatic carbocycles. The number of hydrogen-bond acceptors (Lipinski definition) is 5. The molecule has 1 saturated heterocycles. The molecular weight excluding hydrogens is 385 g/mol. The standard InChI is InChI=1S/C20H32BN3O4Si/c1-19(2)20(3,4)28-21(27-19)16-8-10-17(11-9-16)23-14-22-18(25)24(23)15-26-12-13-29(5,6)7/h8-11,14H,12-13,15H2,1-7H3. The lowest BCUT2D eigenvalue weighted by molar-refractivity contribution is 0.00578. The average molecular weight is 417 g/mol. The number of rotatable bonds is 7. The van der Waals surface area contributed by atoms with Gasteiger partial charge in [-0.1, -0.05) is 31.8 Å². The summed E-state index contributed by atoms with van der Waals surface area (Å²) in [7, 11) is -1.58. The molecule has 0 bridgehead atoms. The highest BCUT2D eigenvalue weighted by atomic mass is 28.3. The number of hydrogen-bond donors (Lipinski definition) is 0. The molecule has 0 N–H and O–H groups in total. The fourth-order valence-corrected chi connectivity index (χ4v) is 3.70. The normalized spacial score (nSPS) is 18.4.